The summed E-state index contributed by atoms with van der Waals surface area (Å²) in [5.74, 6) is 1.33. The lowest BCUT2D eigenvalue weighted by Gasteiger charge is -2.30. The highest BCUT2D eigenvalue weighted by atomic mass is 32.1. The monoisotopic (exact) mass is 464 g/mol. The Morgan fingerprint density at radius 3 is 2.82 bits per heavy atom. The Hall–Kier alpha value is -3.43. The van der Waals surface area contributed by atoms with E-state index in [4.69, 9.17) is 9.84 Å². The van der Waals surface area contributed by atoms with E-state index in [1.165, 1.54) is 11.3 Å². The molecule has 9 heteroatoms. The van der Waals surface area contributed by atoms with Gasteiger partial charge in [-0.25, -0.2) is 4.79 Å². The van der Waals surface area contributed by atoms with E-state index < -0.39 is 0 Å². The minimum absolute atomic E-state index is 0.0345. The van der Waals surface area contributed by atoms with Crippen molar-refractivity contribution in [3.8, 4) is 11.5 Å². The molecular formula is C24H24N4O4S. The van der Waals surface area contributed by atoms with Gasteiger partial charge in [0.25, 0.3) is 5.91 Å². The molecule has 0 aliphatic carbocycles. The zero-order chi connectivity index (χ0) is 22.9. The quantitative estimate of drug-likeness (QED) is 0.418. The van der Waals surface area contributed by atoms with E-state index in [0.717, 1.165) is 46.3 Å². The fraction of sp³-hybridized carbons (Fsp3) is 0.292. The highest BCUT2D eigenvalue weighted by molar-refractivity contribution is 7.21. The molecule has 0 bridgehead atoms. The predicted octanol–water partition coefficient (Wildman–Crippen LogP) is 4.14. The normalized spacial score (nSPS) is 13.3. The highest BCUT2D eigenvalue weighted by Crippen LogP contribution is 2.36. The first-order chi connectivity index (χ1) is 16.0. The second-order valence-corrected chi connectivity index (χ2v) is 9.08. The third-order valence-electron chi connectivity index (χ3n) is 5.73. The van der Waals surface area contributed by atoms with Crippen LogP contribution >= 0.6 is 11.3 Å². The van der Waals surface area contributed by atoms with Crippen LogP contribution in [0.4, 0.5) is 4.79 Å². The highest BCUT2D eigenvalue weighted by Gasteiger charge is 2.24. The lowest BCUT2D eigenvalue weighted by molar-refractivity contribution is 0.0657. The average molecular weight is 465 g/mol. The molecule has 0 atom stereocenters. The summed E-state index contributed by atoms with van der Waals surface area (Å²) in [4.78, 5) is 32.1. The molecule has 4 aromatic rings. The number of aromatic nitrogens is 2. The van der Waals surface area contributed by atoms with E-state index in [1.54, 1.807) is 16.8 Å². The number of aliphatic hydroxyl groups excluding tert-OH is 1. The molecule has 1 aliphatic heterocycles. The SMILES string of the molecule is Cc1cc2cc(Oc3ccnc4cc(C(=O)N5CCC5)sc34)ccc2n1C(=O)NCCCO. The van der Waals surface area contributed by atoms with Crippen LogP contribution in [-0.2, 0) is 0 Å². The fourth-order valence-corrected chi connectivity index (χ4v) is 4.95. The van der Waals surface area contributed by atoms with Gasteiger partial charge in [0.15, 0.2) is 0 Å². The number of ether oxygens (including phenoxy) is 1. The summed E-state index contributed by atoms with van der Waals surface area (Å²) in [5, 5.41) is 12.6. The number of aryl methyl sites for hydroxylation is 1. The van der Waals surface area contributed by atoms with Gasteiger partial charge in [0, 0.05) is 49.6 Å². The van der Waals surface area contributed by atoms with E-state index in [2.05, 4.69) is 10.3 Å². The summed E-state index contributed by atoms with van der Waals surface area (Å²) < 4.78 is 8.64. The smallest absolute Gasteiger partial charge is 0.326 e. The van der Waals surface area contributed by atoms with Gasteiger partial charge in [-0.1, -0.05) is 0 Å². The fourth-order valence-electron chi connectivity index (χ4n) is 3.92. The first-order valence-corrected chi connectivity index (χ1v) is 11.7. The maximum Gasteiger partial charge on any atom is 0.326 e. The molecule has 1 aliphatic rings. The Labute approximate surface area is 194 Å². The van der Waals surface area contributed by atoms with Crippen LogP contribution in [-0.4, -0.2) is 57.7 Å². The van der Waals surface area contributed by atoms with Gasteiger partial charge in [0.05, 0.1) is 20.6 Å². The van der Waals surface area contributed by atoms with Crippen molar-refractivity contribution in [1.82, 2.24) is 19.8 Å². The number of pyridine rings is 1. The van der Waals surface area contributed by atoms with Crippen molar-refractivity contribution in [2.45, 2.75) is 19.8 Å². The molecule has 2 N–H and O–H groups in total. The van der Waals surface area contributed by atoms with E-state index in [-0.39, 0.29) is 18.5 Å². The van der Waals surface area contributed by atoms with Crippen molar-refractivity contribution in [2.24, 2.45) is 0 Å². The summed E-state index contributed by atoms with van der Waals surface area (Å²) in [5.41, 5.74) is 2.33. The molecule has 0 unspecified atom stereocenters. The number of hydrogen-bond acceptors (Lipinski definition) is 6. The number of hydrogen-bond donors (Lipinski definition) is 2. The maximum absolute atomic E-state index is 12.6. The molecule has 1 fully saturated rings. The number of aliphatic hydroxyl groups is 1. The lowest BCUT2D eigenvalue weighted by atomic mass is 10.2. The first-order valence-electron chi connectivity index (χ1n) is 10.9. The Morgan fingerprint density at radius 1 is 1.21 bits per heavy atom. The Morgan fingerprint density at radius 2 is 2.06 bits per heavy atom. The van der Waals surface area contributed by atoms with Gasteiger partial charge in [0.2, 0.25) is 0 Å². The number of carbonyl (C=O) groups excluding carboxylic acids is 2. The summed E-state index contributed by atoms with van der Waals surface area (Å²) in [6.45, 7) is 3.94. The van der Waals surface area contributed by atoms with Crippen LogP contribution in [0.25, 0.3) is 21.1 Å². The summed E-state index contributed by atoms with van der Waals surface area (Å²) in [7, 11) is 0. The Bertz CT molecular complexity index is 1360. The maximum atomic E-state index is 12.6. The van der Waals surface area contributed by atoms with E-state index in [9.17, 15) is 9.59 Å². The molecule has 1 saturated heterocycles. The number of nitrogens with one attached hydrogen (secondary N) is 1. The zero-order valence-electron chi connectivity index (χ0n) is 18.2. The standard InChI is InChI=1S/C24H24N4O4S/c1-15-12-16-13-17(4-5-19(16)28(15)24(31)26-7-2-11-29)32-20-6-8-25-18-14-21(33-22(18)20)23(30)27-9-3-10-27/h4-6,8,12-14,29H,2-3,7,9-11H2,1H3,(H,26,31). The number of fused-ring (bicyclic) bond motifs is 2. The van der Waals surface area contributed by atoms with Gasteiger partial charge in [-0.3, -0.25) is 14.3 Å². The molecule has 8 nitrogen and oxygen atoms in total. The number of benzene rings is 1. The topological polar surface area (TPSA) is 96.7 Å². The van der Waals surface area contributed by atoms with Gasteiger partial charge in [0.1, 0.15) is 11.5 Å². The van der Waals surface area contributed by atoms with Crippen molar-refractivity contribution >= 4 is 44.4 Å². The number of amides is 2. The van der Waals surface area contributed by atoms with Gasteiger partial charge >= 0.3 is 6.03 Å². The minimum Gasteiger partial charge on any atom is -0.456 e. The van der Waals surface area contributed by atoms with Crippen LogP contribution < -0.4 is 10.1 Å². The van der Waals surface area contributed by atoms with Crippen LogP contribution in [0.5, 0.6) is 11.5 Å². The molecule has 4 heterocycles. The Kier molecular flexibility index (Phi) is 5.74. The Balaban J connectivity index is 1.41. The van der Waals surface area contributed by atoms with Crippen molar-refractivity contribution in [3.63, 3.8) is 0 Å². The molecule has 0 radical (unpaired) electrons. The predicted molar refractivity (Wildman–Crippen MR) is 127 cm³/mol. The van der Waals surface area contributed by atoms with Crippen LogP contribution in [0.3, 0.4) is 0 Å². The van der Waals surface area contributed by atoms with Crippen molar-refractivity contribution in [3.05, 3.63) is 53.2 Å². The molecule has 170 valence electrons. The van der Waals surface area contributed by atoms with Crippen molar-refractivity contribution in [1.29, 1.82) is 0 Å². The molecule has 0 spiro atoms. The number of thiophene rings is 1. The van der Waals surface area contributed by atoms with E-state index in [0.29, 0.717) is 29.3 Å². The average Bonchev–Trinajstić information content (AvgIpc) is 3.33. The van der Waals surface area contributed by atoms with E-state index in [1.807, 2.05) is 42.2 Å². The molecular weight excluding hydrogens is 440 g/mol. The number of rotatable bonds is 6. The van der Waals surface area contributed by atoms with Gasteiger partial charge in [-0.05, 0) is 50.1 Å². The van der Waals surface area contributed by atoms with Gasteiger partial charge in [-0.15, -0.1) is 11.3 Å². The molecule has 3 aromatic heterocycles. The van der Waals surface area contributed by atoms with Gasteiger partial charge in [-0.2, -0.15) is 0 Å². The van der Waals surface area contributed by atoms with Crippen LogP contribution in [0.2, 0.25) is 0 Å². The molecule has 1 aromatic carbocycles. The summed E-state index contributed by atoms with van der Waals surface area (Å²) >= 11 is 1.40. The molecule has 2 amide bonds. The lowest BCUT2D eigenvalue weighted by Crippen LogP contribution is -2.41. The third kappa shape index (κ3) is 4.05. The minimum atomic E-state index is -0.224. The number of carbonyl (C=O) groups is 2. The summed E-state index contributed by atoms with van der Waals surface area (Å²) in [6, 6.07) is 10.9. The van der Waals surface area contributed by atoms with Gasteiger partial charge < -0.3 is 20.1 Å². The largest absolute Gasteiger partial charge is 0.456 e. The van der Waals surface area contributed by atoms with Crippen molar-refractivity contribution < 1.29 is 19.4 Å². The third-order valence-corrected chi connectivity index (χ3v) is 6.86. The molecule has 5 rings (SSSR count). The molecule has 0 saturated carbocycles. The number of likely N-dealkylation sites (tertiary alicyclic amines) is 1. The molecule has 33 heavy (non-hydrogen) atoms. The second-order valence-electron chi connectivity index (χ2n) is 8.03. The number of nitrogens with zero attached hydrogens (tertiary/aromatic N) is 3. The van der Waals surface area contributed by atoms with Crippen LogP contribution in [0.1, 0.15) is 28.2 Å². The van der Waals surface area contributed by atoms with Crippen molar-refractivity contribution in [2.75, 3.05) is 26.2 Å². The van der Waals surface area contributed by atoms with E-state index >= 15 is 0 Å². The second kappa shape index (κ2) is 8.84. The van der Waals surface area contributed by atoms with Crippen LogP contribution in [0.15, 0.2) is 42.6 Å². The zero-order valence-corrected chi connectivity index (χ0v) is 19.0. The first kappa shape index (κ1) is 21.4. The van der Waals surface area contributed by atoms with Crippen LogP contribution in [0, 0.1) is 6.92 Å². The summed E-state index contributed by atoms with van der Waals surface area (Å²) in [6.07, 6.45) is 3.24.